The van der Waals surface area contributed by atoms with Crippen LogP contribution >= 0.6 is 11.6 Å². The Balaban J connectivity index is 2.02. The Hall–Kier alpha value is -2.64. The first-order chi connectivity index (χ1) is 12.4. The Morgan fingerprint density at radius 2 is 2.00 bits per heavy atom. The molecule has 1 amide bonds. The number of esters is 1. The Labute approximate surface area is 154 Å². The average Bonchev–Trinajstić information content (AvgIpc) is 2.63. The van der Waals surface area contributed by atoms with Gasteiger partial charge in [0.2, 0.25) is 0 Å². The second kappa shape index (κ2) is 9.17. The van der Waals surface area contributed by atoms with E-state index in [9.17, 15) is 14.0 Å². The minimum absolute atomic E-state index is 0.0948. The number of aliphatic hydroxyl groups is 1. The van der Waals surface area contributed by atoms with Crippen molar-refractivity contribution in [2.45, 2.75) is 13.0 Å². The molecular weight excluding hydrogens is 363 g/mol. The van der Waals surface area contributed by atoms with Crippen LogP contribution in [0.5, 0.6) is 0 Å². The number of nitrogens with one attached hydrogen (secondary N) is 2. The maximum atomic E-state index is 13.1. The summed E-state index contributed by atoms with van der Waals surface area (Å²) in [7, 11) is 0. The van der Waals surface area contributed by atoms with Crippen molar-refractivity contribution in [3.63, 3.8) is 0 Å². The molecule has 1 unspecified atom stereocenters. The maximum absolute atomic E-state index is 13.1. The van der Waals surface area contributed by atoms with E-state index < -0.39 is 23.8 Å². The summed E-state index contributed by atoms with van der Waals surface area (Å²) in [6.45, 7) is 1.59. The van der Waals surface area contributed by atoms with Gasteiger partial charge < -0.3 is 20.5 Å². The highest BCUT2D eigenvalue weighted by molar-refractivity contribution is 6.31. The summed E-state index contributed by atoms with van der Waals surface area (Å²) in [5, 5.41) is 14.2. The van der Waals surface area contributed by atoms with Gasteiger partial charge in [0.05, 0.1) is 17.2 Å². The molecule has 0 aliphatic carbocycles. The number of carbonyl (C=O) groups excluding carboxylic acids is 2. The Morgan fingerprint density at radius 3 is 2.69 bits per heavy atom. The van der Waals surface area contributed by atoms with E-state index in [0.29, 0.717) is 5.69 Å². The minimum Gasteiger partial charge on any atom is -0.449 e. The standard InChI is InChI=1S/C18H18ClFN2O4/c1-11(17(24)22-12-6-7-15(20)14(19)10-12)26-18(25)13-4-2-3-5-16(13)21-8-9-23/h2-7,10-11,21,23H,8-9H2,1H3,(H,22,24). The third-order valence-electron chi connectivity index (χ3n) is 3.41. The van der Waals surface area contributed by atoms with Crippen LogP contribution in [0.1, 0.15) is 17.3 Å². The molecule has 3 N–H and O–H groups in total. The topological polar surface area (TPSA) is 87.7 Å². The first-order valence-corrected chi connectivity index (χ1v) is 8.21. The molecule has 0 bridgehead atoms. The number of benzene rings is 2. The molecule has 0 aliphatic heterocycles. The summed E-state index contributed by atoms with van der Waals surface area (Å²) in [5.74, 6) is -1.87. The summed E-state index contributed by atoms with van der Waals surface area (Å²) in [4.78, 5) is 24.5. The van der Waals surface area contributed by atoms with Gasteiger partial charge in [-0.1, -0.05) is 23.7 Å². The van der Waals surface area contributed by atoms with Crippen molar-refractivity contribution < 1.29 is 23.8 Å². The van der Waals surface area contributed by atoms with Crippen molar-refractivity contribution in [3.8, 4) is 0 Å². The SMILES string of the molecule is CC(OC(=O)c1ccccc1NCCO)C(=O)Nc1ccc(F)c(Cl)c1. The predicted octanol–water partition coefficient (Wildman–Crippen LogP) is 3.07. The van der Waals surface area contributed by atoms with E-state index in [0.717, 1.165) is 6.07 Å². The second-order valence-corrected chi connectivity index (χ2v) is 5.77. The lowest BCUT2D eigenvalue weighted by atomic mass is 10.1. The molecule has 138 valence electrons. The molecule has 6 nitrogen and oxygen atoms in total. The monoisotopic (exact) mass is 380 g/mol. The quantitative estimate of drug-likeness (QED) is 0.642. The first-order valence-electron chi connectivity index (χ1n) is 7.83. The molecule has 0 saturated carbocycles. The summed E-state index contributed by atoms with van der Waals surface area (Å²) < 4.78 is 18.3. The molecule has 8 heteroatoms. The molecule has 0 radical (unpaired) electrons. The number of halogens is 2. The minimum atomic E-state index is -1.09. The molecule has 26 heavy (non-hydrogen) atoms. The van der Waals surface area contributed by atoms with Gasteiger partial charge in [-0.3, -0.25) is 4.79 Å². The van der Waals surface area contributed by atoms with E-state index in [1.807, 2.05) is 0 Å². The van der Waals surface area contributed by atoms with Crippen molar-refractivity contribution in [3.05, 3.63) is 58.9 Å². The van der Waals surface area contributed by atoms with Gasteiger partial charge in [0, 0.05) is 17.9 Å². The fraction of sp³-hybridized carbons (Fsp3) is 0.222. The van der Waals surface area contributed by atoms with Gasteiger partial charge in [0.15, 0.2) is 6.10 Å². The summed E-state index contributed by atoms with van der Waals surface area (Å²) in [6, 6.07) is 10.3. The van der Waals surface area contributed by atoms with Crippen LogP contribution in [0.4, 0.5) is 15.8 Å². The largest absolute Gasteiger partial charge is 0.449 e. The number of carbonyl (C=O) groups is 2. The Morgan fingerprint density at radius 1 is 1.27 bits per heavy atom. The zero-order valence-corrected chi connectivity index (χ0v) is 14.7. The lowest BCUT2D eigenvalue weighted by Crippen LogP contribution is -2.30. The van der Waals surface area contributed by atoms with Gasteiger partial charge in [-0.05, 0) is 37.3 Å². The molecular formula is C18H18ClFN2O4. The molecule has 2 aromatic carbocycles. The van der Waals surface area contributed by atoms with Gasteiger partial charge in [-0.2, -0.15) is 0 Å². The molecule has 0 aliphatic rings. The Bertz CT molecular complexity index is 801. The van der Waals surface area contributed by atoms with Crippen molar-refractivity contribution in [2.24, 2.45) is 0 Å². The fourth-order valence-electron chi connectivity index (χ4n) is 2.10. The number of rotatable bonds is 7. The van der Waals surface area contributed by atoms with Crippen LogP contribution in [-0.4, -0.2) is 36.2 Å². The van der Waals surface area contributed by atoms with Crippen LogP contribution in [0.15, 0.2) is 42.5 Å². The van der Waals surface area contributed by atoms with Gasteiger partial charge in [-0.15, -0.1) is 0 Å². The number of ether oxygens (including phenoxy) is 1. The van der Waals surface area contributed by atoms with E-state index >= 15 is 0 Å². The zero-order valence-electron chi connectivity index (χ0n) is 14.0. The smallest absolute Gasteiger partial charge is 0.341 e. The summed E-state index contributed by atoms with van der Waals surface area (Å²) in [6.07, 6.45) is -1.09. The van der Waals surface area contributed by atoms with Gasteiger partial charge in [0.25, 0.3) is 5.91 Å². The normalized spacial score (nSPS) is 11.5. The highest BCUT2D eigenvalue weighted by Gasteiger charge is 2.21. The fourth-order valence-corrected chi connectivity index (χ4v) is 2.28. The van der Waals surface area contributed by atoms with Crippen molar-refractivity contribution in [2.75, 3.05) is 23.8 Å². The van der Waals surface area contributed by atoms with E-state index in [1.165, 1.54) is 19.1 Å². The van der Waals surface area contributed by atoms with Crippen molar-refractivity contribution in [1.82, 2.24) is 0 Å². The molecule has 1 atom stereocenters. The van der Waals surface area contributed by atoms with Crippen LogP contribution in [0.3, 0.4) is 0 Å². The summed E-state index contributed by atoms with van der Waals surface area (Å²) >= 11 is 5.66. The number of hydrogen-bond donors (Lipinski definition) is 3. The van der Waals surface area contributed by atoms with Crippen LogP contribution in [-0.2, 0) is 9.53 Å². The number of hydrogen-bond acceptors (Lipinski definition) is 5. The molecule has 0 saturated heterocycles. The maximum Gasteiger partial charge on any atom is 0.341 e. The van der Waals surface area contributed by atoms with E-state index in [2.05, 4.69) is 10.6 Å². The second-order valence-electron chi connectivity index (χ2n) is 5.36. The van der Waals surface area contributed by atoms with E-state index in [-0.39, 0.29) is 29.4 Å². The Kier molecular flexibility index (Phi) is 6.94. The molecule has 0 heterocycles. The van der Waals surface area contributed by atoms with Crippen LogP contribution in [0, 0.1) is 5.82 Å². The molecule has 2 aromatic rings. The van der Waals surface area contributed by atoms with E-state index in [4.69, 9.17) is 21.4 Å². The number of aliphatic hydroxyl groups excluding tert-OH is 1. The highest BCUT2D eigenvalue weighted by Crippen LogP contribution is 2.20. The number of anilines is 2. The first kappa shape index (κ1) is 19.7. The zero-order chi connectivity index (χ0) is 19.1. The third kappa shape index (κ3) is 5.18. The average molecular weight is 381 g/mol. The highest BCUT2D eigenvalue weighted by atomic mass is 35.5. The van der Waals surface area contributed by atoms with Crippen molar-refractivity contribution in [1.29, 1.82) is 0 Å². The van der Waals surface area contributed by atoms with E-state index in [1.54, 1.807) is 24.3 Å². The third-order valence-corrected chi connectivity index (χ3v) is 3.70. The number of amides is 1. The van der Waals surface area contributed by atoms with Crippen LogP contribution in [0.2, 0.25) is 5.02 Å². The summed E-state index contributed by atoms with van der Waals surface area (Å²) in [5.41, 5.74) is 1.02. The molecule has 0 fully saturated rings. The van der Waals surface area contributed by atoms with Crippen LogP contribution in [0.25, 0.3) is 0 Å². The van der Waals surface area contributed by atoms with Gasteiger partial charge in [-0.25, -0.2) is 9.18 Å². The van der Waals surface area contributed by atoms with Crippen LogP contribution < -0.4 is 10.6 Å². The van der Waals surface area contributed by atoms with Crippen molar-refractivity contribution >= 4 is 34.9 Å². The number of para-hydroxylation sites is 1. The molecule has 0 aromatic heterocycles. The lowest BCUT2D eigenvalue weighted by molar-refractivity contribution is -0.123. The van der Waals surface area contributed by atoms with Gasteiger partial charge >= 0.3 is 5.97 Å². The van der Waals surface area contributed by atoms with Gasteiger partial charge in [0.1, 0.15) is 5.82 Å². The predicted molar refractivity (Wildman–Crippen MR) is 96.9 cm³/mol. The molecule has 2 rings (SSSR count). The lowest BCUT2D eigenvalue weighted by Gasteiger charge is -2.15. The molecule has 0 spiro atoms.